The van der Waals surface area contributed by atoms with Crippen LogP contribution in [0.1, 0.15) is 341 Å². The quantitative estimate of drug-likeness (QED) is 0.0320. The first-order valence-corrected chi connectivity index (χ1v) is 32.4. The minimum atomic E-state index is -0.842. The van der Waals surface area contributed by atoms with Crippen LogP contribution in [0, 0.1) is 0 Å². The van der Waals surface area contributed by atoms with E-state index in [0.29, 0.717) is 19.4 Å². The fourth-order valence-corrected chi connectivity index (χ4v) is 9.84. The molecule has 0 fully saturated rings. The summed E-state index contributed by atoms with van der Waals surface area (Å²) in [6.07, 6.45) is 80.3. The van der Waals surface area contributed by atoms with E-state index in [4.69, 9.17) is 4.74 Å². The summed E-state index contributed by atoms with van der Waals surface area (Å²) in [5, 5.41) is 23.0. The SMILES string of the molecule is CCCCC/C=C\C/C=C\CCCCCCCCCC(=O)OCCCCCCCCCCCCCC/C=C\CCCCCCCCCCCCCCCC(=O)NC(CO)C(O)/C=C/CCCCCCCCCC. The molecule has 3 N–H and O–H groups in total. The van der Waals surface area contributed by atoms with Gasteiger partial charge in [0.05, 0.1) is 25.4 Å². The van der Waals surface area contributed by atoms with Crippen LogP contribution in [0.5, 0.6) is 0 Å². The fourth-order valence-electron chi connectivity index (χ4n) is 9.84. The zero-order valence-electron chi connectivity index (χ0n) is 48.9. The highest BCUT2D eigenvalue weighted by Gasteiger charge is 2.18. The Morgan fingerprint density at radius 3 is 1.08 bits per heavy atom. The normalized spacial score (nSPS) is 12.9. The van der Waals surface area contributed by atoms with Crippen LogP contribution in [0.3, 0.4) is 0 Å². The van der Waals surface area contributed by atoms with Crippen molar-refractivity contribution in [3.05, 3.63) is 48.6 Å². The van der Waals surface area contributed by atoms with Gasteiger partial charge < -0.3 is 20.3 Å². The van der Waals surface area contributed by atoms with Crippen molar-refractivity contribution in [1.29, 1.82) is 0 Å². The summed E-state index contributed by atoms with van der Waals surface area (Å²) in [7, 11) is 0. The van der Waals surface area contributed by atoms with Crippen molar-refractivity contribution < 1.29 is 24.5 Å². The highest BCUT2D eigenvalue weighted by molar-refractivity contribution is 5.76. The molecule has 6 nitrogen and oxygen atoms in total. The summed E-state index contributed by atoms with van der Waals surface area (Å²) in [5.74, 6) is -0.0607. The first-order valence-electron chi connectivity index (χ1n) is 32.4. The number of allylic oxidation sites excluding steroid dienone is 7. The lowest BCUT2D eigenvalue weighted by Crippen LogP contribution is -2.45. The summed E-state index contributed by atoms with van der Waals surface area (Å²) in [6, 6.07) is -0.626. The number of hydrogen-bond acceptors (Lipinski definition) is 5. The van der Waals surface area contributed by atoms with Crippen molar-refractivity contribution >= 4 is 11.9 Å². The Balaban J connectivity index is 3.36. The molecule has 0 saturated heterocycles. The van der Waals surface area contributed by atoms with Gasteiger partial charge in [-0.2, -0.15) is 0 Å². The number of hydrogen-bond donors (Lipinski definition) is 3. The third-order valence-electron chi connectivity index (χ3n) is 14.8. The first kappa shape index (κ1) is 70.8. The van der Waals surface area contributed by atoms with Crippen molar-refractivity contribution in [2.45, 2.75) is 353 Å². The molecule has 0 heterocycles. The summed E-state index contributed by atoms with van der Waals surface area (Å²) >= 11 is 0. The molecule has 0 rings (SSSR count). The zero-order valence-corrected chi connectivity index (χ0v) is 48.9. The summed E-state index contributed by atoms with van der Waals surface area (Å²) in [6.45, 7) is 4.87. The van der Waals surface area contributed by atoms with Gasteiger partial charge in [-0.25, -0.2) is 0 Å². The molecule has 1 amide bonds. The van der Waals surface area contributed by atoms with Gasteiger partial charge in [0, 0.05) is 12.8 Å². The molecule has 0 saturated carbocycles. The second kappa shape index (κ2) is 62.4. The number of carbonyl (C=O) groups excluding carboxylic acids is 2. The smallest absolute Gasteiger partial charge is 0.305 e. The van der Waals surface area contributed by atoms with E-state index in [-0.39, 0.29) is 18.5 Å². The van der Waals surface area contributed by atoms with Crippen molar-refractivity contribution in [2.75, 3.05) is 13.2 Å². The predicted octanol–water partition coefficient (Wildman–Crippen LogP) is 20.5. The van der Waals surface area contributed by atoms with E-state index in [1.54, 1.807) is 6.08 Å². The van der Waals surface area contributed by atoms with Gasteiger partial charge >= 0.3 is 5.97 Å². The van der Waals surface area contributed by atoms with Crippen molar-refractivity contribution in [3.8, 4) is 0 Å². The largest absolute Gasteiger partial charge is 0.466 e. The highest BCUT2D eigenvalue weighted by Crippen LogP contribution is 2.17. The Morgan fingerprint density at radius 1 is 0.384 bits per heavy atom. The number of amides is 1. The van der Waals surface area contributed by atoms with Gasteiger partial charge in [0.1, 0.15) is 0 Å². The molecule has 428 valence electrons. The molecule has 0 aliphatic heterocycles. The monoisotopic (exact) mass is 1020 g/mol. The van der Waals surface area contributed by atoms with Gasteiger partial charge in [-0.3, -0.25) is 9.59 Å². The minimum absolute atomic E-state index is 0.00809. The van der Waals surface area contributed by atoms with E-state index in [1.807, 2.05) is 6.08 Å². The van der Waals surface area contributed by atoms with Crippen LogP contribution in [-0.2, 0) is 14.3 Å². The molecule has 0 aromatic heterocycles. The molecule has 0 bridgehead atoms. The Bertz CT molecular complexity index is 1230. The Labute approximate surface area is 455 Å². The maximum atomic E-state index is 12.4. The number of unbranched alkanes of at least 4 members (excludes halogenated alkanes) is 43. The first-order chi connectivity index (χ1) is 36.0. The average molecular weight is 1020 g/mol. The standard InChI is InChI=1S/C67H125NO5/c1-3-5-7-9-11-13-15-16-17-31-35-38-41-45-49-53-57-61-67(72)73-62-58-54-50-46-42-39-36-33-30-28-26-24-22-20-18-19-21-23-25-27-29-32-34-37-40-44-48-52-56-60-66(71)68-64(63-69)65(70)59-55-51-47-43-14-12-10-8-6-4-2/h11,13,16-18,20,55,59,64-65,69-70H,3-10,12,14-15,19,21-54,56-58,60-63H2,1-2H3,(H,68,71)/b13-11-,17-16-,20-18-,59-55+. The number of aliphatic hydroxyl groups excluding tert-OH is 2. The van der Waals surface area contributed by atoms with Crippen LogP contribution in [0.15, 0.2) is 48.6 Å². The molecule has 2 unspecified atom stereocenters. The van der Waals surface area contributed by atoms with E-state index in [9.17, 15) is 19.8 Å². The van der Waals surface area contributed by atoms with Crippen LogP contribution in [0.25, 0.3) is 0 Å². The second-order valence-corrected chi connectivity index (χ2v) is 22.1. The molecule has 2 atom stereocenters. The van der Waals surface area contributed by atoms with Gasteiger partial charge in [0.2, 0.25) is 5.91 Å². The van der Waals surface area contributed by atoms with Crippen LogP contribution >= 0.6 is 0 Å². The Morgan fingerprint density at radius 2 is 0.685 bits per heavy atom. The molecule has 73 heavy (non-hydrogen) atoms. The second-order valence-electron chi connectivity index (χ2n) is 22.1. The number of carbonyl (C=O) groups is 2. The minimum Gasteiger partial charge on any atom is -0.466 e. The number of esters is 1. The lowest BCUT2D eigenvalue weighted by molar-refractivity contribution is -0.143. The van der Waals surface area contributed by atoms with E-state index >= 15 is 0 Å². The van der Waals surface area contributed by atoms with E-state index in [0.717, 1.165) is 51.4 Å². The van der Waals surface area contributed by atoms with Crippen molar-refractivity contribution in [1.82, 2.24) is 5.32 Å². The lowest BCUT2D eigenvalue weighted by atomic mass is 10.0. The molecule has 0 aromatic rings. The van der Waals surface area contributed by atoms with Gasteiger partial charge in [-0.1, -0.05) is 287 Å². The average Bonchev–Trinajstić information content (AvgIpc) is 3.39. The number of aliphatic hydroxyl groups is 2. The Hall–Kier alpha value is -2.18. The van der Waals surface area contributed by atoms with Gasteiger partial charge in [0.25, 0.3) is 0 Å². The Kier molecular flexibility index (Phi) is 60.5. The summed E-state index contributed by atoms with van der Waals surface area (Å²) in [5.41, 5.74) is 0. The molecular formula is C67H125NO5. The molecule has 0 radical (unpaired) electrons. The predicted molar refractivity (Wildman–Crippen MR) is 319 cm³/mol. The molecule has 0 aliphatic carbocycles. The van der Waals surface area contributed by atoms with Gasteiger partial charge in [0.15, 0.2) is 0 Å². The van der Waals surface area contributed by atoms with Crippen molar-refractivity contribution in [2.24, 2.45) is 0 Å². The van der Waals surface area contributed by atoms with E-state index in [2.05, 4.69) is 55.6 Å². The lowest BCUT2D eigenvalue weighted by Gasteiger charge is -2.20. The maximum absolute atomic E-state index is 12.4. The van der Waals surface area contributed by atoms with E-state index in [1.165, 1.54) is 263 Å². The van der Waals surface area contributed by atoms with Crippen LogP contribution in [-0.4, -0.2) is 47.4 Å². The zero-order chi connectivity index (χ0) is 52.9. The fraction of sp³-hybridized carbons (Fsp3) is 0.851. The van der Waals surface area contributed by atoms with Gasteiger partial charge in [-0.15, -0.1) is 0 Å². The summed E-state index contributed by atoms with van der Waals surface area (Å²) < 4.78 is 5.49. The molecule has 0 aliphatic rings. The summed E-state index contributed by atoms with van der Waals surface area (Å²) in [4.78, 5) is 24.5. The van der Waals surface area contributed by atoms with Crippen LogP contribution in [0.2, 0.25) is 0 Å². The molecule has 6 heteroatoms. The van der Waals surface area contributed by atoms with E-state index < -0.39 is 12.1 Å². The molecule has 0 spiro atoms. The van der Waals surface area contributed by atoms with Gasteiger partial charge in [-0.05, 0) is 89.9 Å². The molecular weight excluding hydrogens is 899 g/mol. The maximum Gasteiger partial charge on any atom is 0.305 e. The number of ether oxygens (including phenoxy) is 1. The van der Waals surface area contributed by atoms with Crippen molar-refractivity contribution in [3.63, 3.8) is 0 Å². The molecule has 0 aromatic carbocycles. The third-order valence-corrected chi connectivity index (χ3v) is 14.8. The number of rotatable bonds is 60. The topological polar surface area (TPSA) is 95.9 Å². The third kappa shape index (κ3) is 58.9. The van der Waals surface area contributed by atoms with Crippen LogP contribution < -0.4 is 5.32 Å². The highest BCUT2D eigenvalue weighted by atomic mass is 16.5. The van der Waals surface area contributed by atoms with Crippen LogP contribution in [0.4, 0.5) is 0 Å². The number of nitrogens with one attached hydrogen (secondary N) is 1.